The molecule has 0 radical (unpaired) electrons. The maximum absolute atomic E-state index is 11.9. The lowest BCUT2D eigenvalue weighted by Crippen LogP contribution is -2.62. The molecular formula is C12H25N2O2-. The summed E-state index contributed by atoms with van der Waals surface area (Å²) in [7, 11) is 0. The molecular weight excluding hydrogens is 204 g/mol. The molecule has 1 aliphatic heterocycles. The molecule has 2 N–H and O–H groups in total. The fourth-order valence-electron chi connectivity index (χ4n) is 2.28. The van der Waals surface area contributed by atoms with Crippen LogP contribution in [0.1, 0.15) is 40.5 Å². The van der Waals surface area contributed by atoms with Gasteiger partial charge in [0.15, 0.2) is 0 Å². The molecule has 0 aliphatic carbocycles. The van der Waals surface area contributed by atoms with Crippen molar-refractivity contribution in [2.75, 3.05) is 6.54 Å². The predicted molar refractivity (Wildman–Crippen MR) is 65.7 cm³/mol. The van der Waals surface area contributed by atoms with Crippen LogP contribution in [0.3, 0.4) is 0 Å². The molecule has 0 amide bonds. The Labute approximate surface area is 98.6 Å². The average molecular weight is 229 g/mol. The zero-order chi connectivity index (χ0) is 12.3. The Morgan fingerprint density at radius 3 is 2.56 bits per heavy atom. The van der Waals surface area contributed by atoms with Crippen molar-refractivity contribution in [2.45, 2.75) is 58.8 Å². The van der Waals surface area contributed by atoms with E-state index in [0.29, 0.717) is 18.4 Å². The zero-order valence-corrected chi connectivity index (χ0v) is 10.8. The van der Waals surface area contributed by atoms with Crippen molar-refractivity contribution in [3.8, 4) is 0 Å². The van der Waals surface area contributed by atoms with Gasteiger partial charge in [-0.05, 0) is 18.3 Å². The van der Waals surface area contributed by atoms with E-state index in [1.165, 1.54) is 0 Å². The maximum Gasteiger partial charge on any atom is 0.111 e. The third-order valence-electron chi connectivity index (χ3n) is 3.56. The summed E-state index contributed by atoms with van der Waals surface area (Å²) in [5, 5.41) is 26.1. The van der Waals surface area contributed by atoms with Crippen LogP contribution in [0.2, 0.25) is 0 Å². The van der Waals surface area contributed by atoms with E-state index in [4.69, 9.17) is 0 Å². The molecule has 0 aromatic rings. The highest BCUT2D eigenvalue weighted by Gasteiger charge is 2.32. The van der Waals surface area contributed by atoms with Crippen LogP contribution in [0.5, 0.6) is 0 Å². The van der Waals surface area contributed by atoms with E-state index >= 15 is 0 Å². The average Bonchev–Trinajstić information content (AvgIpc) is 2.23. The second kappa shape index (κ2) is 5.96. The first-order chi connectivity index (χ1) is 7.47. The first kappa shape index (κ1) is 13.9. The van der Waals surface area contributed by atoms with Gasteiger partial charge in [0.1, 0.15) is 6.23 Å². The summed E-state index contributed by atoms with van der Waals surface area (Å²) in [5.74, 6) is 0.806. The van der Waals surface area contributed by atoms with E-state index in [1.54, 1.807) is 0 Å². The number of nitrogens with zero attached hydrogens (tertiary/aromatic N) is 1. The molecule has 0 bridgehead atoms. The Bertz CT molecular complexity index is 211. The van der Waals surface area contributed by atoms with E-state index in [1.807, 2.05) is 0 Å². The monoisotopic (exact) mass is 229 g/mol. The summed E-state index contributed by atoms with van der Waals surface area (Å²) in [4.78, 5) is 0. The van der Waals surface area contributed by atoms with Gasteiger partial charge in [0.05, 0.1) is 0 Å². The van der Waals surface area contributed by atoms with Gasteiger partial charge in [-0.1, -0.05) is 34.1 Å². The molecule has 1 saturated heterocycles. The summed E-state index contributed by atoms with van der Waals surface area (Å²) >= 11 is 0. The van der Waals surface area contributed by atoms with Gasteiger partial charge < -0.3 is 20.7 Å². The molecule has 4 heteroatoms. The number of aliphatic hydroxyl groups excluding tert-OH is 1. The molecule has 0 spiro atoms. The SMILES string of the molecule is CCC(C)C1CNC(CC(C)C)C(O)N1[O-]. The highest BCUT2D eigenvalue weighted by molar-refractivity contribution is 4.91. The quantitative estimate of drug-likeness (QED) is 0.767. The number of piperazine rings is 1. The molecule has 0 aromatic carbocycles. The molecule has 16 heavy (non-hydrogen) atoms. The Kier molecular flexibility index (Phi) is 5.18. The van der Waals surface area contributed by atoms with Crippen LogP contribution >= 0.6 is 0 Å². The van der Waals surface area contributed by atoms with Crippen molar-refractivity contribution in [2.24, 2.45) is 11.8 Å². The summed E-state index contributed by atoms with van der Waals surface area (Å²) in [5.41, 5.74) is 0. The molecule has 4 unspecified atom stereocenters. The summed E-state index contributed by atoms with van der Waals surface area (Å²) in [6, 6.07) is -0.179. The van der Waals surface area contributed by atoms with Gasteiger partial charge in [0.25, 0.3) is 0 Å². The van der Waals surface area contributed by atoms with Crippen LogP contribution < -0.4 is 5.32 Å². The summed E-state index contributed by atoms with van der Waals surface area (Å²) in [6.45, 7) is 9.03. The highest BCUT2D eigenvalue weighted by atomic mass is 16.5. The van der Waals surface area contributed by atoms with E-state index in [-0.39, 0.29) is 12.1 Å². The molecule has 1 rings (SSSR count). The van der Waals surface area contributed by atoms with E-state index < -0.39 is 6.23 Å². The number of hydrogen-bond acceptors (Lipinski definition) is 4. The van der Waals surface area contributed by atoms with Gasteiger partial charge in [-0.2, -0.15) is 0 Å². The van der Waals surface area contributed by atoms with Gasteiger partial charge in [-0.15, -0.1) is 0 Å². The van der Waals surface area contributed by atoms with Crippen LogP contribution in [-0.2, 0) is 0 Å². The van der Waals surface area contributed by atoms with Crippen LogP contribution in [0, 0.1) is 17.0 Å². The second-order valence-electron chi connectivity index (χ2n) is 5.37. The van der Waals surface area contributed by atoms with Crippen molar-refractivity contribution >= 4 is 0 Å². The summed E-state index contributed by atoms with van der Waals surface area (Å²) < 4.78 is 0. The number of nitrogens with one attached hydrogen (secondary N) is 1. The van der Waals surface area contributed by atoms with Crippen molar-refractivity contribution in [3.63, 3.8) is 0 Å². The van der Waals surface area contributed by atoms with Crippen molar-refractivity contribution in [1.82, 2.24) is 10.4 Å². The van der Waals surface area contributed by atoms with Crippen molar-refractivity contribution in [3.05, 3.63) is 5.21 Å². The molecule has 4 atom stereocenters. The largest absolute Gasteiger partial charge is 0.783 e. The topological polar surface area (TPSA) is 58.6 Å². The van der Waals surface area contributed by atoms with Crippen molar-refractivity contribution in [1.29, 1.82) is 0 Å². The predicted octanol–water partition coefficient (Wildman–Crippen LogP) is 1.54. The molecule has 0 saturated carbocycles. The molecule has 4 nitrogen and oxygen atoms in total. The molecule has 1 aliphatic rings. The number of aliphatic hydroxyl groups is 1. The van der Waals surface area contributed by atoms with Crippen LogP contribution in [-0.4, -0.2) is 35.0 Å². The molecule has 96 valence electrons. The lowest BCUT2D eigenvalue weighted by Gasteiger charge is -2.51. The van der Waals surface area contributed by atoms with Crippen molar-refractivity contribution < 1.29 is 5.11 Å². The molecule has 1 heterocycles. The number of rotatable bonds is 4. The Morgan fingerprint density at radius 1 is 1.44 bits per heavy atom. The van der Waals surface area contributed by atoms with E-state index in [0.717, 1.165) is 17.9 Å². The Balaban J connectivity index is 2.57. The molecule has 0 aromatic heterocycles. The van der Waals surface area contributed by atoms with Crippen LogP contribution in [0.25, 0.3) is 0 Å². The Morgan fingerprint density at radius 2 is 2.06 bits per heavy atom. The fraction of sp³-hybridized carbons (Fsp3) is 1.00. The minimum atomic E-state index is -0.893. The maximum atomic E-state index is 11.9. The Hall–Kier alpha value is -0.160. The van der Waals surface area contributed by atoms with E-state index in [2.05, 4.69) is 33.0 Å². The van der Waals surface area contributed by atoms with E-state index in [9.17, 15) is 10.3 Å². The fourth-order valence-corrected chi connectivity index (χ4v) is 2.28. The third kappa shape index (κ3) is 3.17. The smallest absolute Gasteiger partial charge is 0.111 e. The van der Waals surface area contributed by atoms with Gasteiger partial charge in [0.2, 0.25) is 0 Å². The third-order valence-corrected chi connectivity index (χ3v) is 3.56. The minimum absolute atomic E-state index is 0.0854. The number of hydrogen-bond donors (Lipinski definition) is 2. The number of hydroxylamine groups is 2. The first-order valence-electron chi connectivity index (χ1n) is 6.34. The lowest BCUT2D eigenvalue weighted by atomic mass is 9.93. The van der Waals surface area contributed by atoms with Crippen LogP contribution in [0.4, 0.5) is 0 Å². The van der Waals surface area contributed by atoms with Gasteiger partial charge >= 0.3 is 0 Å². The van der Waals surface area contributed by atoms with Gasteiger partial charge in [0, 0.05) is 18.6 Å². The van der Waals surface area contributed by atoms with Gasteiger partial charge in [-0.3, -0.25) is 0 Å². The standard InChI is InChI=1S/C12H25N2O2/c1-5-9(4)11-7-13-10(6-8(2)3)12(15)14(11)16/h8-13,15H,5-7H2,1-4H3/q-1. The van der Waals surface area contributed by atoms with Gasteiger partial charge in [-0.25, -0.2) is 0 Å². The zero-order valence-electron chi connectivity index (χ0n) is 10.8. The van der Waals surface area contributed by atoms with Crippen LogP contribution in [0.15, 0.2) is 0 Å². The minimum Gasteiger partial charge on any atom is -0.783 e. The first-order valence-corrected chi connectivity index (χ1v) is 6.34. The summed E-state index contributed by atoms with van der Waals surface area (Å²) in [6.07, 6.45) is 0.912. The highest BCUT2D eigenvalue weighted by Crippen LogP contribution is 2.22. The molecule has 1 fully saturated rings. The second-order valence-corrected chi connectivity index (χ2v) is 5.37. The lowest BCUT2D eigenvalue weighted by molar-refractivity contribution is -0.0609. The normalized spacial score (nSPS) is 34.3.